The molecule has 0 heterocycles. The maximum absolute atomic E-state index is 11.2. The molecule has 0 aromatic heterocycles. The lowest BCUT2D eigenvalue weighted by Gasteiger charge is -2.10. The highest BCUT2D eigenvalue weighted by Crippen LogP contribution is 2.06. The number of carbonyl (C=O) groups is 1. The second-order valence-electron chi connectivity index (χ2n) is 3.36. The van der Waals surface area contributed by atoms with E-state index >= 15 is 0 Å². The van der Waals surface area contributed by atoms with Crippen molar-refractivity contribution in [2.45, 2.75) is 46.6 Å². The van der Waals surface area contributed by atoms with Gasteiger partial charge in [-0.05, 0) is 20.3 Å². The van der Waals surface area contributed by atoms with Gasteiger partial charge in [0.1, 0.15) is 0 Å². The van der Waals surface area contributed by atoms with Crippen molar-refractivity contribution in [2.75, 3.05) is 0 Å². The summed E-state index contributed by atoms with van der Waals surface area (Å²) in [4.78, 5) is 11.2. The van der Waals surface area contributed by atoms with E-state index in [-0.39, 0.29) is 28.0 Å². The molecule has 0 aliphatic carbocycles. The van der Waals surface area contributed by atoms with Crippen molar-refractivity contribution < 1.29 is 13.6 Å². The third-order valence-corrected chi connectivity index (χ3v) is 2.40. The van der Waals surface area contributed by atoms with E-state index in [9.17, 15) is 4.79 Å². The summed E-state index contributed by atoms with van der Waals surface area (Å²) >= 11 is 0. The monoisotopic (exact) mass is 202 g/mol. The normalized spacial score (nSPS) is 13.0. The zero-order chi connectivity index (χ0) is 10.3. The molecule has 0 aliphatic rings. The van der Waals surface area contributed by atoms with Crippen LogP contribution in [0.5, 0.6) is 0 Å². The van der Waals surface area contributed by atoms with E-state index < -0.39 is 0 Å². The average molecular weight is 202 g/mol. The van der Waals surface area contributed by atoms with Gasteiger partial charge in [0.15, 0.2) is 0 Å². The van der Waals surface area contributed by atoms with Crippen LogP contribution in [0, 0.1) is 5.92 Å². The van der Waals surface area contributed by atoms with Gasteiger partial charge in [-0.15, -0.1) is 0 Å². The Hall–Kier alpha value is -0.353. The predicted molar refractivity (Wildman–Crippen MR) is 52.1 cm³/mol. The molecule has 0 saturated heterocycles. The van der Waals surface area contributed by atoms with Gasteiger partial charge in [-0.2, -0.15) is 0 Å². The molecular formula is C9H18O3Si. The third-order valence-electron chi connectivity index (χ3n) is 1.55. The lowest BCUT2D eigenvalue weighted by molar-refractivity contribution is -0.139. The topological polar surface area (TPSA) is 35.5 Å². The summed E-state index contributed by atoms with van der Waals surface area (Å²) in [7, 11) is -0.159. The third kappa shape index (κ3) is 6.78. The Kier molecular flexibility index (Phi) is 6.90. The second kappa shape index (κ2) is 7.09. The fourth-order valence-corrected chi connectivity index (χ4v) is 1.34. The molecule has 4 heteroatoms. The summed E-state index contributed by atoms with van der Waals surface area (Å²) in [5.74, 6) is -0.158. The van der Waals surface area contributed by atoms with Crippen molar-refractivity contribution in [3.63, 3.8) is 0 Å². The first-order chi connectivity index (χ1) is 6.07. The predicted octanol–water partition coefficient (Wildman–Crippen LogP) is 1.93. The summed E-state index contributed by atoms with van der Waals surface area (Å²) in [6, 6.07) is 0. The van der Waals surface area contributed by atoms with Crippen molar-refractivity contribution in [3.8, 4) is 0 Å². The highest BCUT2D eigenvalue weighted by Gasteiger charge is 2.14. The van der Waals surface area contributed by atoms with Gasteiger partial charge in [-0.25, -0.2) is 0 Å². The summed E-state index contributed by atoms with van der Waals surface area (Å²) in [6.07, 6.45) is 2.00. The zero-order valence-corrected chi connectivity index (χ0v) is 9.79. The lowest BCUT2D eigenvalue weighted by Crippen LogP contribution is -2.20. The van der Waals surface area contributed by atoms with E-state index in [1.54, 1.807) is 0 Å². The Labute approximate surface area is 82.9 Å². The largest absolute Gasteiger partial charge is 0.523 e. The summed E-state index contributed by atoms with van der Waals surface area (Å²) in [5, 5.41) is 0. The molecule has 13 heavy (non-hydrogen) atoms. The number of hydrogen-bond donors (Lipinski definition) is 0. The molecule has 76 valence electrons. The summed E-state index contributed by atoms with van der Waals surface area (Å²) in [5.41, 5.74) is 0. The van der Waals surface area contributed by atoms with E-state index in [1.165, 1.54) is 0 Å². The molecule has 0 saturated carbocycles. The fourth-order valence-electron chi connectivity index (χ4n) is 0.813. The highest BCUT2D eigenvalue weighted by atomic mass is 28.3. The van der Waals surface area contributed by atoms with Crippen LogP contribution in [-0.4, -0.2) is 22.1 Å². The van der Waals surface area contributed by atoms with E-state index in [0.29, 0.717) is 0 Å². The Morgan fingerprint density at radius 3 is 2.46 bits per heavy atom. The SMILES string of the molecule is CCCC(C)C(=O)O[Si]OC(C)C. The van der Waals surface area contributed by atoms with E-state index in [2.05, 4.69) is 6.92 Å². The van der Waals surface area contributed by atoms with Gasteiger partial charge in [-0.1, -0.05) is 20.3 Å². The number of carbonyl (C=O) groups excluding carboxylic acids is 1. The standard InChI is InChI=1S/C9H18O3Si/c1-5-6-8(4)9(10)12-13-11-7(2)3/h7-8H,5-6H2,1-4H3. The van der Waals surface area contributed by atoms with Crippen molar-refractivity contribution >= 4 is 16.0 Å². The Morgan fingerprint density at radius 1 is 1.38 bits per heavy atom. The van der Waals surface area contributed by atoms with Crippen molar-refractivity contribution in [1.82, 2.24) is 0 Å². The van der Waals surface area contributed by atoms with Crippen molar-refractivity contribution in [2.24, 2.45) is 5.92 Å². The Balaban J connectivity index is 3.50. The van der Waals surface area contributed by atoms with Crippen LogP contribution in [0.2, 0.25) is 0 Å². The first-order valence-electron chi connectivity index (χ1n) is 4.69. The maximum atomic E-state index is 11.2. The molecule has 0 rings (SSSR count). The van der Waals surface area contributed by atoms with Crippen LogP contribution in [0.3, 0.4) is 0 Å². The maximum Gasteiger partial charge on any atom is 0.523 e. The van der Waals surface area contributed by atoms with E-state index in [1.807, 2.05) is 20.8 Å². The van der Waals surface area contributed by atoms with Gasteiger partial charge in [0.25, 0.3) is 5.97 Å². The molecule has 0 aromatic carbocycles. The molecular weight excluding hydrogens is 184 g/mol. The number of rotatable bonds is 6. The van der Waals surface area contributed by atoms with E-state index in [4.69, 9.17) is 8.85 Å². The van der Waals surface area contributed by atoms with Gasteiger partial charge in [0.2, 0.25) is 0 Å². The van der Waals surface area contributed by atoms with Gasteiger partial charge in [0, 0.05) is 6.10 Å². The molecule has 0 fully saturated rings. The minimum Gasteiger partial charge on any atom is -0.490 e. The van der Waals surface area contributed by atoms with E-state index in [0.717, 1.165) is 12.8 Å². The molecule has 2 radical (unpaired) electrons. The summed E-state index contributed by atoms with van der Waals surface area (Å²) in [6.45, 7) is 7.76. The van der Waals surface area contributed by atoms with Crippen LogP contribution in [-0.2, 0) is 13.6 Å². The average Bonchev–Trinajstić information content (AvgIpc) is 2.04. The molecule has 0 aromatic rings. The second-order valence-corrected chi connectivity index (χ2v) is 3.97. The quantitative estimate of drug-likeness (QED) is 0.617. The first-order valence-corrected chi connectivity index (χ1v) is 5.50. The molecule has 0 N–H and O–H groups in total. The molecule has 3 nitrogen and oxygen atoms in total. The highest BCUT2D eigenvalue weighted by molar-refractivity contribution is 6.22. The molecule has 1 atom stereocenters. The van der Waals surface area contributed by atoms with Crippen molar-refractivity contribution in [3.05, 3.63) is 0 Å². The fraction of sp³-hybridized carbons (Fsp3) is 0.889. The molecule has 0 spiro atoms. The van der Waals surface area contributed by atoms with Gasteiger partial charge in [-0.3, -0.25) is 4.79 Å². The Morgan fingerprint density at radius 2 is 2.00 bits per heavy atom. The van der Waals surface area contributed by atoms with Crippen LogP contribution in [0.1, 0.15) is 40.5 Å². The molecule has 0 amide bonds. The molecule has 1 unspecified atom stereocenters. The van der Waals surface area contributed by atoms with Crippen molar-refractivity contribution in [1.29, 1.82) is 0 Å². The van der Waals surface area contributed by atoms with Crippen LogP contribution in [0.15, 0.2) is 0 Å². The van der Waals surface area contributed by atoms with Crippen LogP contribution in [0.4, 0.5) is 0 Å². The molecule has 0 bridgehead atoms. The lowest BCUT2D eigenvalue weighted by atomic mass is 10.1. The van der Waals surface area contributed by atoms with Gasteiger partial charge >= 0.3 is 10.0 Å². The smallest absolute Gasteiger partial charge is 0.490 e. The molecule has 0 aliphatic heterocycles. The minimum atomic E-state index is -0.159. The van der Waals surface area contributed by atoms with Crippen LogP contribution in [0.25, 0.3) is 0 Å². The van der Waals surface area contributed by atoms with Crippen LogP contribution < -0.4 is 0 Å². The van der Waals surface area contributed by atoms with Gasteiger partial charge in [0.05, 0.1) is 5.92 Å². The first kappa shape index (κ1) is 12.6. The number of hydrogen-bond acceptors (Lipinski definition) is 3. The van der Waals surface area contributed by atoms with Gasteiger partial charge < -0.3 is 8.85 Å². The summed E-state index contributed by atoms with van der Waals surface area (Å²) < 4.78 is 10.1. The zero-order valence-electron chi connectivity index (χ0n) is 8.79. The Bertz CT molecular complexity index is 148. The minimum absolute atomic E-state index is 0.00624. The van der Waals surface area contributed by atoms with Crippen LogP contribution >= 0.6 is 0 Å².